The molecular formula is C23H28N6O2. The van der Waals surface area contributed by atoms with Crippen LogP contribution in [-0.2, 0) is 11.8 Å². The van der Waals surface area contributed by atoms with E-state index in [1.54, 1.807) is 36.0 Å². The van der Waals surface area contributed by atoms with Crippen molar-refractivity contribution in [3.63, 3.8) is 0 Å². The summed E-state index contributed by atoms with van der Waals surface area (Å²) in [5, 5.41) is 8.90. The number of carbonyl (C=O) groups excluding carboxylic acids is 2. The van der Waals surface area contributed by atoms with Gasteiger partial charge >= 0.3 is 0 Å². The number of likely N-dealkylation sites (N-methyl/N-ethyl adjacent to an activating group) is 1. The first-order chi connectivity index (χ1) is 14.8. The molecule has 1 aliphatic heterocycles. The van der Waals surface area contributed by atoms with Crippen molar-refractivity contribution in [2.45, 2.75) is 32.4 Å². The highest BCUT2D eigenvalue weighted by Crippen LogP contribution is 2.23. The normalized spacial score (nSPS) is 17.0. The number of hydrogen-bond acceptors (Lipinski definition) is 5. The van der Waals surface area contributed by atoms with E-state index in [0.29, 0.717) is 24.5 Å². The molecule has 1 fully saturated rings. The summed E-state index contributed by atoms with van der Waals surface area (Å²) in [6.07, 6.45) is 4.42. The van der Waals surface area contributed by atoms with Gasteiger partial charge in [0.2, 0.25) is 5.91 Å². The van der Waals surface area contributed by atoms with Crippen LogP contribution in [0.2, 0.25) is 0 Å². The number of amides is 2. The molecule has 8 nitrogen and oxygen atoms in total. The number of rotatable bonds is 5. The summed E-state index contributed by atoms with van der Waals surface area (Å²) in [5.74, 6) is 0.688. The number of nitrogens with zero attached hydrogens (tertiary/aromatic N) is 5. The van der Waals surface area contributed by atoms with E-state index in [1.165, 1.54) is 0 Å². The van der Waals surface area contributed by atoms with Crippen LogP contribution in [0.1, 0.15) is 42.2 Å². The molecule has 1 saturated heterocycles. The predicted octanol–water partition coefficient (Wildman–Crippen LogP) is 2.83. The highest BCUT2D eigenvalue weighted by molar-refractivity contribution is 5.94. The van der Waals surface area contributed by atoms with Crippen molar-refractivity contribution in [3.8, 4) is 0 Å². The summed E-state index contributed by atoms with van der Waals surface area (Å²) >= 11 is 0. The average Bonchev–Trinajstić information content (AvgIpc) is 3.38. The fourth-order valence-corrected chi connectivity index (χ4v) is 4.03. The molecule has 1 N–H and O–H groups in total. The second-order valence-electron chi connectivity index (χ2n) is 8.24. The molecule has 162 valence electrons. The molecule has 2 aromatic heterocycles. The van der Waals surface area contributed by atoms with Crippen molar-refractivity contribution in [3.05, 3.63) is 53.9 Å². The van der Waals surface area contributed by atoms with Gasteiger partial charge in [-0.2, -0.15) is 5.10 Å². The van der Waals surface area contributed by atoms with E-state index in [4.69, 9.17) is 0 Å². The van der Waals surface area contributed by atoms with E-state index < -0.39 is 0 Å². The molecule has 8 heteroatoms. The average molecular weight is 421 g/mol. The third-order valence-corrected chi connectivity index (χ3v) is 6.01. The molecular weight excluding hydrogens is 392 g/mol. The van der Waals surface area contributed by atoms with E-state index in [9.17, 15) is 9.59 Å². The molecule has 1 aliphatic rings. The van der Waals surface area contributed by atoms with E-state index in [1.807, 2.05) is 30.1 Å². The Morgan fingerprint density at radius 1 is 1.26 bits per heavy atom. The van der Waals surface area contributed by atoms with Gasteiger partial charge in [-0.1, -0.05) is 6.07 Å². The zero-order valence-corrected chi connectivity index (χ0v) is 18.4. The van der Waals surface area contributed by atoms with Crippen molar-refractivity contribution >= 4 is 28.5 Å². The van der Waals surface area contributed by atoms with Gasteiger partial charge < -0.3 is 15.1 Å². The third-order valence-electron chi connectivity index (χ3n) is 6.01. The smallest absolute Gasteiger partial charge is 0.255 e. The van der Waals surface area contributed by atoms with Crippen molar-refractivity contribution in [2.75, 3.05) is 25.5 Å². The number of hydrogen-bond donors (Lipinski definition) is 1. The van der Waals surface area contributed by atoms with Crippen molar-refractivity contribution in [1.29, 1.82) is 0 Å². The summed E-state index contributed by atoms with van der Waals surface area (Å²) in [6, 6.07) is 9.98. The highest BCUT2D eigenvalue weighted by Gasteiger charge is 2.30. The number of likely N-dealkylation sites (tertiary alicyclic amines) is 1. The third kappa shape index (κ3) is 4.38. The minimum Gasteiger partial charge on any atom is -0.364 e. The van der Waals surface area contributed by atoms with Crippen LogP contribution in [0.4, 0.5) is 5.82 Å². The number of pyridine rings is 1. The first-order valence-electron chi connectivity index (χ1n) is 10.5. The zero-order valence-electron chi connectivity index (χ0n) is 18.4. The van der Waals surface area contributed by atoms with Crippen LogP contribution >= 0.6 is 0 Å². The van der Waals surface area contributed by atoms with E-state index in [-0.39, 0.29) is 23.9 Å². The van der Waals surface area contributed by atoms with E-state index in [2.05, 4.69) is 34.5 Å². The summed E-state index contributed by atoms with van der Waals surface area (Å²) < 4.78 is 1.81. The highest BCUT2D eigenvalue weighted by atomic mass is 16.2. The molecule has 2 atom stereocenters. The summed E-state index contributed by atoms with van der Waals surface area (Å²) in [7, 11) is 3.70. The summed E-state index contributed by atoms with van der Waals surface area (Å²) in [5.41, 5.74) is 2.67. The molecule has 4 rings (SSSR count). The lowest BCUT2D eigenvalue weighted by atomic mass is 10.1. The largest absolute Gasteiger partial charge is 0.364 e. The molecule has 3 heterocycles. The van der Waals surface area contributed by atoms with Gasteiger partial charge in [0.15, 0.2) is 0 Å². The summed E-state index contributed by atoms with van der Waals surface area (Å²) in [4.78, 5) is 32.3. The van der Waals surface area contributed by atoms with Gasteiger partial charge in [-0.15, -0.1) is 0 Å². The summed E-state index contributed by atoms with van der Waals surface area (Å²) in [6.45, 7) is 4.84. The molecule has 0 saturated carbocycles. The molecule has 0 aliphatic carbocycles. The number of benzene rings is 1. The first-order valence-corrected chi connectivity index (χ1v) is 10.5. The molecule has 3 aromatic rings. The fourth-order valence-electron chi connectivity index (χ4n) is 4.03. The maximum absolute atomic E-state index is 12.8. The van der Waals surface area contributed by atoms with Gasteiger partial charge in [-0.25, -0.2) is 4.98 Å². The minimum atomic E-state index is -0.0476. The number of aryl methyl sites for hydroxylation is 1. The van der Waals surface area contributed by atoms with Crippen LogP contribution in [0.3, 0.4) is 0 Å². The Kier molecular flexibility index (Phi) is 5.63. The molecule has 2 amide bonds. The molecule has 1 aromatic carbocycles. The Morgan fingerprint density at radius 3 is 2.77 bits per heavy atom. The lowest BCUT2D eigenvalue weighted by Crippen LogP contribution is -2.38. The van der Waals surface area contributed by atoms with Crippen LogP contribution in [0.5, 0.6) is 0 Å². The Labute approximate surface area is 181 Å². The van der Waals surface area contributed by atoms with Gasteiger partial charge in [-0.05, 0) is 43.2 Å². The SMILES string of the molecule is CC(=O)N(C)[C@H]1CCN(C(=O)c2ccc(N[C@@H](C)c3ccc4nn(C)cc4c3)nc2)C1. The Hall–Kier alpha value is -3.42. The second kappa shape index (κ2) is 8.37. The van der Waals surface area contributed by atoms with E-state index >= 15 is 0 Å². The lowest BCUT2D eigenvalue weighted by Gasteiger charge is -2.23. The first kappa shape index (κ1) is 20.8. The number of carbonyl (C=O) groups is 2. The Balaban J connectivity index is 1.39. The van der Waals surface area contributed by atoms with Gasteiger partial charge in [0.1, 0.15) is 5.82 Å². The lowest BCUT2D eigenvalue weighted by molar-refractivity contribution is -0.129. The van der Waals surface area contributed by atoms with Crippen molar-refractivity contribution in [2.24, 2.45) is 7.05 Å². The number of anilines is 1. The number of fused-ring (bicyclic) bond motifs is 1. The van der Waals surface area contributed by atoms with Crippen LogP contribution in [0.25, 0.3) is 10.9 Å². The van der Waals surface area contributed by atoms with Crippen LogP contribution in [0.15, 0.2) is 42.7 Å². The standard InChI is InChI=1S/C23H28N6O2/c1-15(17-5-7-21-19(11-17)13-27(3)26-21)25-22-8-6-18(12-24-22)23(31)29-10-9-20(14-29)28(4)16(2)30/h5-8,11-13,15,20H,9-10,14H2,1-4H3,(H,24,25)/t15-,20-/m0/s1. The Bertz CT molecular complexity index is 1110. The van der Waals surface area contributed by atoms with Crippen LogP contribution in [-0.4, -0.2) is 62.6 Å². The van der Waals surface area contributed by atoms with Gasteiger partial charge in [0.05, 0.1) is 17.1 Å². The molecule has 0 spiro atoms. The second-order valence-corrected chi connectivity index (χ2v) is 8.24. The van der Waals surface area contributed by atoms with Crippen LogP contribution < -0.4 is 5.32 Å². The molecule has 0 unspecified atom stereocenters. The van der Waals surface area contributed by atoms with E-state index in [0.717, 1.165) is 22.9 Å². The monoisotopic (exact) mass is 420 g/mol. The van der Waals surface area contributed by atoms with Crippen molar-refractivity contribution < 1.29 is 9.59 Å². The maximum atomic E-state index is 12.8. The zero-order chi connectivity index (χ0) is 22.1. The Morgan fingerprint density at radius 2 is 2.06 bits per heavy atom. The molecule has 0 bridgehead atoms. The van der Waals surface area contributed by atoms with Gasteiger partial charge in [0, 0.05) is 57.9 Å². The van der Waals surface area contributed by atoms with Gasteiger partial charge in [-0.3, -0.25) is 14.3 Å². The van der Waals surface area contributed by atoms with Crippen molar-refractivity contribution in [1.82, 2.24) is 24.6 Å². The molecule has 0 radical (unpaired) electrons. The number of aromatic nitrogens is 3. The molecule has 31 heavy (non-hydrogen) atoms. The topological polar surface area (TPSA) is 83.4 Å². The quantitative estimate of drug-likeness (QED) is 0.686. The predicted molar refractivity (Wildman–Crippen MR) is 120 cm³/mol. The minimum absolute atomic E-state index is 0.0215. The number of nitrogens with one attached hydrogen (secondary N) is 1. The fraction of sp³-hybridized carbons (Fsp3) is 0.391. The van der Waals surface area contributed by atoms with Crippen LogP contribution in [0, 0.1) is 0 Å². The maximum Gasteiger partial charge on any atom is 0.255 e. The van der Waals surface area contributed by atoms with Gasteiger partial charge in [0.25, 0.3) is 5.91 Å².